The molecule has 8 heteroatoms. The lowest BCUT2D eigenvalue weighted by Crippen LogP contribution is -2.13. The molecule has 0 spiro atoms. The van der Waals surface area contributed by atoms with E-state index in [9.17, 15) is 4.79 Å². The van der Waals surface area contributed by atoms with Crippen molar-refractivity contribution in [2.45, 2.75) is 4.34 Å². The average molecular weight is 291 g/mol. The van der Waals surface area contributed by atoms with Crippen molar-refractivity contribution in [1.29, 1.82) is 5.26 Å². The van der Waals surface area contributed by atoms with Crippen LogP contribution in [0.25, 0.3) is 0 Å². The minimum atomic E-state index is -0.172. The van der Waals surface area contributed by atoms with Crippen LogP contribution in [0.2, 0.25) is 0 Å². The maximum atomic E-state index is 11.7. The summed E-state index contributed by atoms with van der Waals surface area (Å²) in [5, 5.41) is 19.3. The zero-order valence-electron chi connectivity index (χ0n) is 9.66. The molecule has 0 fully saturated rings. The summed E-state index contributed by atoms with van der Waals surface area (Å²) in [6, 6.07) is 8.75. The normalized spacial score (nSPS) is 9.84. The topological polar surface area (TPSA) is 105 Å². The molecule has 96 valence electrons. The maximum Gasteiger partial charge on any atom is 0.234 e. The van der Waals surface area contributed by atoms with E-state index in [-0.39, 0.29) is 11.7 Å². The maximum absolute atomic E-state index is 11.7. The van der Waals surface area contributed by atoms with Crippen molar-refractivity contribution in [1.82, 2.24) is 10.2 Å². The Morgan fingerprint density at radius 3 is 3.05 bits per heavy atom. The summed E-state index contributed by atoms with van der Waals surface area (Å²) in [5.74, 6) is 0.0414. The lowest BCUT2D eigenvalue weighted by molar-refractivity contribution is -0.113. The number of carbonyl (C=O) groups is 1. The summed E-state index contributed by atoms with van der Waals surface area (Å²) in [6.07, 6.45) is 0. The average Bonchev–Trinajstić information content (AvgIpc) is 2.82. The summed E-state index contributed by atoms with van der Waals surface area (Å²) in [7, 11) is 0. The summed E-state index contributed by atoms with van der Waals surface area (Å²) < 4.78 is 0.651. The van der Waals surface area contributed by atoms with Crippen molar-refractivity contribution in [3.8, 4) is 6.07 Å². The second-order valence-electron chi connectivity index (χ2n) is 3.44. The number of rotatable bonds is 4. The van der Waals surface area contributed by atoms with Crippen LogP contribution in [0.3, 0.4) is 0 Å². The van der Waals surface area contributed by atoms with Gasteiger partial charge in [-0.05, 0) is 18.2 Å². The SMILES string of the molecule is N#Cc1cccc(NC(=O)CSc2nnc(N)s2)c1. The van der Waals surface area contributed by atoms with Gasteiger partial charge in [0.15, 0.2) is 4.34 Å². The van der Waals surface area contributed by atoms with Crippen LogP contribution in [0.4, 0.5) is 10.8 Å². The number of hydrogen-bond donors (Lipinski definition) is 2. The molecule has 2 aromatic rings. The molecule has 1 heterocycles. The number of thioether (sulfide) groups is 1. The van der Waals surface area contributed by atoms with E-state index in [2.05, 4.69) is 15.5 Å². The third-order valence-electron chi connectivity index (χ3n) is 2.02. The number of benzene rings is 1. The molecule has 1 aromatic heterocycles. The highest BCUT2D eigenvalue weighted by molar-refractivity contribution is 8.01. The number of nitrogen functional groups attached to an aromatic ring is 1. The Morgan fingerprint density at radius 2 is 2.37 bits per heavy atom. The zero-order valence-corrected chi connectivity index (χ0v) is 11.3. The monoisotopic (exact) mass is 291 g/mol. The van der Waals surface area contributed by atoms with Gasteiger partial charge in [-0.2, -0.15) is 5.26 Å². The van der Waals surface area contributed by atoms with Crippen LogP contribution in [-0.2, 0) is 4.79 Å². The lowest BCUT2D eigenvalue weighted by Gasteiger charge is -2.03. The van der Waals surface area contributed by atoms with Gasteiger partial charge in [0.25, 0.3) is 0 Å². The number of carbonyl (C=O) groups excluding carboxylic acids is 1. The first-order chi connectivity index (χ1) is 9.17. The first-order valence-electron chi connectivity index (χ1n) is 5.19. The number of hydrogen-bond acceptors (Lipinski definition) is 7. The number of nitrogens with zero attached hydrogens (tertiary/aromatic N) is 3. The Labute approximate surface area is 117 Å². The third-order valence-corrected chi connectivity index (χ3v) is 3.91. The van der Waals surface area contributed by atoms with Gasteiger partial charge in [-0.3, -0.25) is 4.79 Å². The van der Waals surface area contributed by atoms with Gasteiger partial charge in [-0.25, -0.2) is 0 Å². The van der Waals surface area contributed by atoms with Gasteiger partial charge < -0.3 is 11.1 Å². The molecule has 1 amide bonds. The Morgan fingerprint density at radius 1 is 1.53 bits per heavy atom. The van der Waals surface area contributed by atoms with Crippen LogP contribution in [0.5, 0.6) is 0 Å². The molecule has 19 heavy (non-hydrogen) atoms. The molecule has 6 nitrogen and oxygen atoms in total. The van der Waals surface area contributed by atoms with Crippen molar-refractivity contribution < 1.29 is 4.79 Å². The molecule has 0 unspecified atom stereocenters. The highest BCUT2D eigenvalue weighted by Gasteiger charge is 2.07. The fourth-order valence-electron chi connectivity index (χ4n) is 1.27. The van der Waals surface area contributed by atoms with E-state index in [0.717, 1.165) is 0 Å². The van der Waals surface area contributed by atoms with E-state index in [1.165, 1.54) is 23.1 Å². The molecule has 0 radical (unpaired) electrons. The van der Waals surface area contributed by atoms with E-state index in [1.54, 1.807) is 24.3 Å². The predicted molar refractivity (Wildman–Crippen MR) is 74.8 cm³/mol. The van der Waals surface area contributed by atoms with Crippen molar-refractivity contribution >= 4 is 39.8 Å². The Balaban J connectivity index is 1.89. The highest BCUT2D eigenvalue weighted by atomic mass is 32.2. The van der Waals surface area contributed by atoms with Gasteiger partial charge in [0.05, 0.1) is 17.4 Å². The van der Waals surface area contributed by atoms with E-state index in [0.29, 0.717) is 20.7 Å². The quantitative estimate of drug-likeness (QED) is 0.831. The van der Waals surface area contributed by atoms with Crippen LogP contribution >= 0.6 is 23.1 Å². The Hall–Kier alpha value is -2.11. The molecule has 2 rings (SSSR count). The number of nitrogens with two attached hydrogens (primary N) is 1. The first kappa shape index (κ1) is 13.3. The number of nitrogens with one attached hydrogen (secondary N) is 1. The highest BCUT2D eigenvalue weighted by Crippen LogP contribution is 2.23. The van der Waals surface area contributed by atoms with Crippen LogP contribution in [0, 0.1) is 11.3 Å². The Bertz CT molecular complexity index is 634. The largest absolute Gasteiger partial charge is 0.374 e. The predicted octanol–water partition coefficient (Wildman–Crippen LogP) is 1.72. The van der Waals surface area contributed by atoms with Crippen molar-refractivity contribution in [2.24, 2.45) is 0 Å². The summed E-state index contributed by atoms with van der Waals surface area (Å²) in [5.41, 5.74) is 6.54. The second-order valence-corrected chi connectivity index (χ2v) is 5.67. The molecule has 0 aliphatic carbocycles. The molecule has 3 N–H and O–H groups in total. The first-order valence-corrected chi connectivity index (χ1v) is 6.99. The van der Waals surface area contributed by atoms with Crippen molar-refractivity contribution in [3.05, 3.63) is 29.8 Å². The summed E-state index contributed by atoms with van der Waals surface area (Å²) in [4.78, 5) is 11.7. The van der Waals surface area contributed by atoms with Gasteiger partial charge >= 0.3 is 0 Å². The van der Waals surface area contributed by atoms with Crippen LogP contribution in [0.1, 0.15) is 5.56 Å². The van der Waals surface area contributed by atoms with Crippen LogP contribution < -0.4 is 11.1 Å². The fourth-order valence-corrected chi connectivity index (χ4v) is 2.71. The Kier molecular flexibility index (Phi) is 4.33. The van der Waals surface area contributed by atoms with Gasteiger partial charge in [-0.15, -0.1) is 10.2 Å². The molecule has 0 aliphatic rings. The molecule has 0 saturated heterocycles. The second kappa shape index (κ2) is 6.17. The molecule has 0 atom stereocenters. The van der Waals surface area contributed by atoms with E-state index >= 15 is 0 Å². The van der Waals surface area contributed by atoms with E-state index in [1.807, 2.05) is 6.07 Å². The van der Waals surface area contributed by atoms with Gasteiger partial charge in [0.1, 0.15) is 0 Å². The van der Waals surface area contributed by atoms with Crippen molar-refractivity contribution in [3.63, 3.8) is 0 Å². The smallest absolute Gasteiger partial charge is 0.234 e. The van der Waals surface area contributed by atoms with Gasteiger partial charge in [0.2, 0.25) is 11.0 Å². The number of aromatic nitrogens is 2. The molecular weight excluding hydrogens is 282 g/mol. The van der Waals surface area contributed by atoms with Gasteiger partial charge in [0, 0.05) is 5.69 Å². The third kappa shape index (κ3) is 3.94. The van der Waals surface area contributed by atoms with Crippen LogP contribution in [0.15, 0.2) is 28.6 Å². The standard InChI is InChI=1S/C11H9N5OS2/c12-5-7-2-1-3-8(4-7)14-9(17)6-18-11-16-15-10(13)19-11/h1-4H,6H2,(H2,13,15)(H,14,17). The lowest BCUT2D eigenvalue weighted by atomic mass is 10.2. The van der Waals surface area contributed by atoms with Crippen LogP contribution in [-0.4, -0.2) is 21.9 Å². The van der Waals surface area contributed by atoms with Gasteiger partial charge in [-0.1, -0.05) is 29.2 Å². The number of nitriles is 1. The number of amides is 1. The number of anilines is 2. The molecule has 0 aliphatic heterocycles. The minimum absolute atomic E-state index is 0.172. The van der Waals surface area contributed by atoms with E-state index < -0.39 is 0 Å². The molecule has 0 saturated carbocycles. The van der Waals surface area contributed by atoms with Crippen molar-refractivity contribution in [2.75, 3.05) is 16.8 Å². The minimum Gasteiger partial charge on any atom is -0.374 e. The van der Waals surface area contributed by atoms with E-state index in [4.69, 9.17) is 11.0 Å². The zero-order chi connectivity index (χ0) is 13.7. The summed E-state index contributed by atoms with van der Waals surface area (Å²) >= 11 is 2.50. The fraction of sp³-hybridized carbons (Fsp3) is 0.0909. The summed E-state index contributed by atoms with van der Waals surface area (Å²) in [6.45, 7) is 0. The molecule has 0 bridgehead atoms. The molecular formula is C11H9N5OS2. The molecule has 1 aromatic carbocycles.